The summed E-state index contributed by atoms with van der Waals surface area (Å²) in [6.07, 6.45) is 8.92. The van der Waals surface area contributed by atoms with E-state index in [4.69, 9.17) is 0 Å². The van der Waals surface area contributed by atoms with E-state index in [0.717, 1.165) is 11.3 Å². The first-order chi connectivity index (χ1) is 9.40. The van der Waals surface area contributed by atoms with E-state index in [1.54, 1.807) is 0 Å². The first-order valence-electron chi connectivity index (χ1n) is 7.09. The van der Waals surface area contributed by atoms with Crippen LogP contribution in [-0.2, 0) is 0 Å². The van der Waals surface area contributed by atoms with Crippen molar-refractivity contribution in [1.29, 1.82) is 0 Å². The normalized spacial score (nSPS) is 23.7. The van der Waals surface area contributed by atoms with Gasteiger partial charge in [0.1, 0.15) is 5.52 Å². The number of hydrogen-bond acceptors (Lipinski definition) is 4. The lowest BCUT2D eigenvalue weighted by Gasteiger charge is -2.23. The molecule has 100 valence electrons. The molecule has 19 heavy (non-hydrogen) atoms. The zero-order valence-corrected chi connectivity index (χ0v) is 11.7. The van der Waals surface area contributed by atoms with Crippen molar-refractivity contribution < 1.29 is 0 Å². The molecule has 2 aromatic rings. The number of rotatable bonds is 3. The molecule has 0 radical (unpaired) electrons. The van der Waals surface area contributed by atoms with E-state index in [1.165, 1.54) is 42.9 Å². The molecule has 2 aromatic heterocycles. The number of fused-ring (bicyclic) bond motifs is 1. The first kappa shape index (κ1) is 11.6. The Labute approximate surface area is 117 Å². The average molecular weight is 274 g/mol. The third-order valence-electron chi connectivity index (χ3n) is 3.91. The summed E-state index contributed by atoms with van der Waals surface area (Å²) < 4.78 is 1.97. The Morgan fingerprint density at radius 3 is 3.05 bits per heavy atom. The van der Waals surface area contributed by atoms with Crippen molar-refractivity contribution in [2.75, 3.05) is 16.8 Å². The summed E-state index contributed by atoms with van der Waals surface area (Å²) in [6, 6.07) is 2.76. The minimum Gasteiger partial charge on any atom is -0.365 e. The van der Waals surface area contributed by atoms with E-state index in [2.05, 4.69) is 21.5 Å². The molecule has 5 heteroatoms. The zero-order chi connectivity index (χ0) is 12.7. The van der Waals surface area contributed by atoms with Crippen LogP contribution in [-0.4, -0.2) is 32.1 Å². The van der Waals surface area contributed by atoms with Crippen LogP contribution < -0.4 is 5.32 Å². The third kappa shape index (κ3) is 2.31. The molecule has 0 amide bonds. The van der Waals surface area contributed by atoms with Crippen LogP contribution in [0.1, 0.15) is 37.3 Å². The van der Waals surface area contributed by atoms with Crippen molar-refractivity contribution >= 4 is 23.1 Å². The number of nitrogens with zero attached hydrogens (tertiary/aromatic N) is 3. The maximum absolute atomic E-state index is 4.66. The molecule has 1 aliphatic heterocycles. The third-order valence-corrected chi connectivity index (χ3v) is 5.12. The number of anilines is 1. The van der Waals surface area contributed by atoms with Gasteiger partial charge in [-0.1, -0.05) is 0 Å². The zero-order valence-electron chi connectivity index (χ0n) is 10.9. The van der Waals surface area contributed by atoms with Gasteiger partial charge in [0.05, 0.1) is 5.69 Å². The molecule has 1 aliphatic carbocycles. The van der Waals surface area contributed by atoms with Crippen LogP contribution >= 0.6 is 11.8 Å². The van der Waals surface area contributed by atoms with Crippen molar-refractivity contribution in [3.8, 4) is 0 Å². The highest BCUT2D eigenvalue weighted by Crippen LogP contribution is 2.40. The van der Waals surface area contributed by atoms with Crippen molar-refractivity contribution in [3.05, 3.63) is 24.2 Å². The van der Waals surface area contributed by atoms with Crippen molar-refractivity contribution in [2.45, 2.75) is 37.6 Å². The Morgan fingerprint density at radius 2 is 2.26 bits per heavy atom. The Kier molecular flexibility index (Phi) is 2.87. The summed E-state index contributed by atoms with van der Waals surface area (Å²) in [7, 11) is 0. The summed E-state index contributed by atoms with van der Waals surface area (Å²) in [4.78, 5) is 4.51. The minimum absolute atomic E-state index is 0.553. The van der Waals surface area contributed by atoms with Gasteiger partial charge >= 0.3 is 0 Å². The molecule has 4 nitrogen and oxygen atoms in total. The van der Waals surface area contributed by atoms with Gasteiger partial charge in [0.15, 0.2) is 5.82 Å². The molecule has 1 saturated heterocycles. The maximum atomic E-state index is 4.66. The second kappa shape index (κ2) is 4.71. The van der Waals surface area contributed by atoms with Crippen LogP contribution in [0, 0.1) is 0 Å². The van der Waals surface area contributed by atoms with E-state index >= 15 is 0 Å². The average Bonchev–Trinajstić information content (AvgIpc) is 3.20. The molecule has 2 fully saturated rings. The fourth-order valence-electron chi connectivity index (χ4n) is 2.68. The Hall–Kier alpha value is -1.23. The highest BCUT2D eigenvalue weighted by Gasteiger charge is 2.27. The molecular formula is C14H18N4S. The van der Waals surface area contributed by atoms with Crippen LogP contribution in [0.4, 0.5) is 5.82 Å². The van der Waals surface area contributed by atoms with Gasteiger partial charge < -0.3 is 5.32 Å². The minimum atomic E-state index is 0.553. The lowest BCUT2D eigenvalue weighted by Crippen LogP contribution is -2.26. The van der Waals surface area contributed by atoms with E-state index in [1.807, 2.05) is 28.7 Å². The molecule has 1 saturated carbocycles. The quantitative estimate of drug-likeness (QED) is 0.934. The Balaban J connectivity index is 1.64. The lowest BCUT2D eigenvalue weighted by atomic mass is 10.2. The second-order valence-electron chi connectivity index (χ2n) is 5.51. The van der Waals surface area contributed by atoms with Gasteiger partial charge in [-0.3, -0.25) is 0 Å². The second-order valence-corrected chi connectivity index (χ2v) is 6.66. The lowest BCUT2D eigenvalue weighted by molar-refractivity contribution is 0.682. The molecule has 0 spiro atoms. The molecule has 1 atom stereocenters. The van der Waals surface area contributed by atoms with E-state index in [0.29, 0.717) is 12.0 Å². The molecule has 1 N–H and O–H groups in total. The largest absolute Gasteiger partial charge is 0.365 e. The number of hydrogen-bond donors (Lipinski definition) is 1. The summed E-state index contributed by atoms with van der Waals surface area (Å²) in [5, 5.41) is 8.26. The van der Waals surface area contributed by atoms with Crippen molar-refractivity contribution in [1.82, 2.24) is 14.6 Å². The van der Waals surface area contributed by atoms with Gasteiger partial charge in [-0.15, -0.1) is 0 Å². The van der Waals surface area contributed by atoms with Gasteiger partial charge in [0, 0.05) is 30.1 Å². The van der Waals surface area contributed by atoms with Crippen molar-refractivity contribution in [2.24, 2.45) is 0 Å². The highest BCUT2D eigenvalue weighted by molar-refractivity contribution is 7.99. The number of thioether (sulfide) groups is 1. The van der Waals surface area contributed by atoms with Gasteiger partial charge in [-0.25, -0.2) is 9.50 Å². The van der Waals surface area contributed by atoms with Crippen LogP contribution in [0.3, 0.4) is 0 Å². The van der Waals surface area contributed by atoms with E-state index in [9.17, 15) is 0 Å². The van der Waals surface area contributed by atoms with Crippen molar-refractivity contribution in [3.63, 3.8) is 0 Å². The van der Waals surface area contributed by atoms with E-state index in [-0.39, 0.29) is 0 Å². The summed E-state index contributed by atoms with van der Waals surface area (Å²) in [5.41, 5.74) is 2.36. The topological polar surface area (TPSA) is 42.2 Å². The molecule has 2 aliphatic rings. The Morgan fingerprint density at radius 1 is 1.32 bits per heavy atom. The van der Waals surface area contributed by atoms with Gasteiger partial charge in [0.2, 0.25) is 0 Å². The smallest absolute Gasteiger partial charge is 0.152 e. The monoisotopic (exact) mass is 274 g/mol. The summed E-state index contributed by atoms with van der Waals surface area (Å²) in [5.74, 6) is 4.17. The predicted octanol–water partition coefficient (Wildman–Crippen LogP) is 2.91. The molecule has 0 aromatic carbocycles. The molecule has 4 rings (SSSR count). The molecule has 0 bridgehead atoms. The molecular weight excluding hydrogens is 256 g/mol. The molecule has 1 unspecified atom stereocenters. The fourth-order valence-corrected chi connectivity index (χ4v) is 3.75. The maximum Gasteiger partial charge on any atom is 0.152 e. The summed E-state index contributed by atoms with van der Waals surface area (Å²) in [6.45, 7) is 0. The Bertz CT molecular complexity index is 584. The van der Waals surface area contributed by atoms with Gasteiger partial charge in [0.25, 0.3) is 0 Å². The number of nitrogens with one attached hydrogen (secondary N) is 1. The van der Waals surface area contributed by atoms with Crippen LogP contribution in [0.5, 0.6) is 0 Å². The highest BCUT2D eigenvalue weighted by atomic mass is 32.2. The van der Waals surface area contributed by atoms with Gasteiger partial charge in [-0.05, 0) is 37.5 Å². The SMILES string of the molecule is c1cn2nc(C3CC3)cc2c(NC2CCCSC2)n1. The standard InChI is InChI=1S/C14H18N4S/c1-2-11(9-19-7-1)16-14-13-8-12(10-3-4-10)17-18(13)6-5-15-14/h5-6,8,10-11H,1-4,7,9H2,(H,15,16). The van der Waals surface area contributed by atoms with E-state index < -0.39 is 0 Å². The van der Waals surface area contributed by atoms with Crippen LogP contribution in [0.2, 0.25) is 0 Å². The van der Waals surface area contributed by atoms with Gasteiger partial charge in [-0.2, -0.15) is 16.9 Å². The fraction of sp³-hybridized carbons (Fsp3) is 0.571. The molecule has 3 heterocycles. The van der Waals surface area contributed by atoms with Crippen LogP contribution in [0.25, 0.3) is 5.52 Å². The van der Waals surface area contributed by atoms with Crippen LogP contribution in [0.15, 0.2) is 18.5 Å². The predicted molar refractivity (Wildman–Crippen MR) is 78.9 cm³/mol. The summed E-state index contributed by atoms with van der Waals surface area (Å²) >= 11 is 2.04. The number of aromatic nitrogens is 3. The first-order valence-corrected chi connectivity index (χ1v) is 8.24.